The third-order valence-corrected chi connectivity index (χ3v) is 2.44. The second-order valence-corrected chi connectivity index (χ2v) is 3.85. The van der Waals surface area contributed by atoms with Crippen molar-refractivity contribution in [1.29, 1.82) is 0 Å². The van der Waals surface area contributed by atoms with E-state index in [1.807, 2.05) is 6.08 Å². The highest BCUT2D eigenvalue weighted by atomic mass is 16.5. The van der Waals surface area contributed by atoms with Gasteiger partial charge in [-0.1, -0.05) is 6.08 Å². The molecule has 1 N–H and O–H groups in total. The van der Waals surface area contributed by atoms with Gasteiger partial charge in [-0.15, -0.1) is 6.58 Å². The van der Waals surface area contributed by atoms with Crippen molar-refractivity contribution in [2.45, 2.75) is 12.8 Å². The van der Waals surface area contributed by atoms with Crippen LogP contribution in [0.25, 0.3) is 6.08 Å². The summed E-state index contributed by atoms with van der Waals surface area (Å²) in [4.78, 5) is 10.5. The summed E-state index contributed by atoms with van der Waals surface area (Å²) in [5, 5.41) is 8.65. The lowest BCUT2D eigenvalue weighted by Crippen LogP contribution is -1.99. The van der Waals surface area contributed by atoms with Gasteiger partial charge in [-0.25, -0.2) is 4.79 Å². The van der Waals surface area contributed by atoms with Gasteiger partial charge in [0.05, 0.1) is 13.7 Å². The van der Waals surface area contributed by atoms with Crippen LogP contribution in [0.2, 0.25) is 0 Å². The SMILES string of the molecule is C=CCCCOc1cc(OC)ccc1C=CC(=O)O. The van der Waals surface area contributed by atoms with Gasteiger partial charge < -0.3 is 14.6 Å². The summed E-state index contributed by atoms with van der Waals surface area (Å²) < 4.78 is 10.8. The zero-order valence-electron chi connectivity index (χ0n) is 11.0. The summed E-state index contributed by atoms with van der Waals surface area (Å²) in [6.45, 7) is 4.20. The highest BCUT2D eigenvalue weighted by Gasteiger charge is 2.04. The number of ether oxygens (including phenoxy) is 2. The maximum atomic E-state index is 10.5. The third kappa shape index (κ3) is 5.29. The van der Waals surface area contributed by atoms with Crippen molar-refractivity contribution >= 4 is 12.0 Å². The molecule has 0 aliphatic heterocycles. The first-order valence-electron chi connectivity index (χ1n) is 6.00. The van der Waals surface area contributed by atoms with Crippen molar-refractivity contribution in [3.63, 3.8) is 0 Å². The molecule has 1 rings (SSSR count). The summed E-state index contributed by atoms with van der Waals surface area (Å²) in [6, 6.07) is 5.27. The molecule has 0 aromatic heterocycles. The highest BCUT2D eigenvalue weighted by molar-refractivity contribution is 5.86. The Balaban J connectivity index is 2.82. The Labute approximate surface area is 113 Å². The average Bonchev–Trinajstić information content (AvgIpc) is 2.41. The molecule has 0 bridgehead atoms. The molecule has 0 unspecified atom stereocenters. The first-order chi connectivity index (χ1) is 9.17. The highest BCUT2D eigenvalue weighted by Crippen LogP contribution is 2.26. The smallest absolute Gasteiger partial charge is 0.328 e. The van der Waals surface area contributed by atoms with E-state index >= 15 is 0 Å². The Bertz CT molecular complexity index is 463. The van der Waals surface area contributed by atoms with Crippen molar-refractivity contribution in [2.24, 2.45) is 0 Å². The fourth-order valence-electron chi connectivity index (χ4n) is 1.48. The molecule has 0 atom stereocenters. The van der Waals surface area contributed by atoms with E-state index in [0.717, 1.165) is 18.9 Å². The second kappa shape index (κ2) is 7.97. The van der Waals surface area contributed by atoms with Crippen LogP contribution < -0.4 is 9.47 Å². The Morgan fingerprint density at radius 1 is 1.47 bits per heavy atom. The molecule has 0 spiro atoms. The molecule has 102 valence electrons. The fourth-order valence-corrected chi connectivity index (χ4v) is 1.48. The number of aliphatic carboxylic acids is 1. The van der Waals surface area contributed by atoms with Gasteiger partial charge in [0.2, 0.25) is 0 Å². The molecule has 0 aliphatic carbocycles. The molecule has 0 radical (unpaired) electrons. The van der Waals surface area contributed by atoms with Crippen LogP contribution in [0.5, 0.6) is 11.5 Å². The zero-order chi connectivity index (χ0) is 14.1. The Morgan fingerprint density at radius 3 is 2.89 bits per heavy atom. The summed E-state index contributed by atoms with van der Waals surface area (Å²) in [6.07, 6.45) is 6.16. The molecule has 4 heteroatoms. The van der Waals surface area contributed by atoms with E-state index in [1.54, 1.807) is 25.3 Å². The number of unbranched alkanes of at least 4 members (excludes halogenated alkanes) is 1. The molecule has 4 nitrogen and oxygen atoms in total. The maximum absolute atomic E-state index is 10.5. The van der Waals surface area contributed by atoms with E-state index in [9.17, 15) is 4.79 Å². The van der Waals surface area contributed by atoms with Gasteiger partial charge >= 0.3 is 5.97 Å². The minimum Gasteiger partial charge on any atom is -0.497 e. The van der Waals surface area contributed by atoms with E-state index in [4.69, 9.17) is 14.6 Å². The molecule has 0 saturated heterocycles. The van der Waals surface area contributed by atoms with E-state index < -0.39 is 5.97 Å². The van der Waals surface area contributed by atoms with E-state index in [1.165, 1.54) is 6.08 Å². The summed E-state index contributed by atoms with van der Waals surface area (Å²) in [5.74, 6) is 0.292. The van der Waals surface area contributed by atoms with E-state index in [-0.39, 0.29) is 0 Å². The molecule has 0 fully saturated rings. The number of allylic oxidation sites excluding steroid dienone is 1. The number of methoxy groups -OCH3 is 1. The third-order valence-electron chi connectivity index (χ3n) is 2.44. The molecule has 0 aliphatic rings. The maximum Gasteiger partial charge on any atom is 0.328 e. The number of carboxylic acids is 1. The number of carbonyl (C=O) groups is 1. The molecule has 1 aromatic rings. The van der Waals surface area contributed by atoms with Crippen LogP contribution in [-0.2, 0) is 4.79 Å². The van der Waals surface area contributed by atoms with Crippen LogP contribution in [-0.4, -0.2) is 24.8 Å². The van der Waals surface area contributed by atoms with Crippen LogP contribution >= 0.6 is 0 Å². The number of carboxylic acid groups (broad SMARTS) is 1. The molecular formula is C15H18O4. The van der Waals surface area contributed by atoms with Crippen LogP contribution in [0, 0.1) is 0 Å². The molecule has 0 saturated carbocycles. The van der Waals surface area contributed by atoms with Crippen LogP contribution in [0.1, 0.15) is 18.4 Å². The van der Waals surface area contributed by atoms with Gasteiger partial charge in [-0.3, -0.25) is 0 Å². The Hall–Kier alpha value is -2.23. The lowest BCUT2D eigenvalue weighted by Gasteiger charge is -2.10. The first-order valence-corrected chi connectivity index (χ1v) is 6.00. The summed E-state index contributed by atoms with van der Waals surface area (Å²) in [7, 11) is 1.57. The van der Waals surface area contributed by atoms with Crippen molar-refractivity contribution in [3.8, 4) is 11.5 Å². The topological polar surface area (TPSA) is 55.8 Å². The van der Waals surface area contributed by atoms with Crippen molar-refractivity contribution < 1.29 is 19.4 Å². The standard InChI is InChI=1S/C15H18O4/c1-3-4-5-10-19-14-11-13(18-2)8-6-12(14)7-9-15(16)17/h3,6-9,11H,1,4-5,10H2,2H3,(H,16,17). The predicted octanol–water partition coefficient (Wildman–Crippen LogP) is 3.14. The van der Waals surface area contributed by atoms with Crippen molar-refractivity contribution in [2.75, 3.05) is 13.7 Å². The number of rotatable bonds is 8. The normalized spacial score (nSPS) is 10.4. The minimum atomic E-state index is -0.992. The number of hydrogen-bond donors (Lipinski definition) is 1. The summed E-state index contributed by atoms with van der Waals surface area (Å²) >= 11 is 0. The predicted molar refractivity (Wildman–Crippen MR) is 74.6 cm³/mol. The largest absolute Gasteiger partial charge is 0.497 e. The molecule has 1 aromatic carbocycles. The van der Waals surface area contributed by atoms with Crippen LogP contribution in [0.4, 0.5) is 0 Å². The monoisotopic (exact) mass is 262 g/mol. The average molecular weight is 262 g/mol. The minimum absolute atomic E-state index is 0.549. The Morgan fingerprint density at radius 2 is 2.26 bits per heavy atom. The van der Waals surface area contributed by atoms with Crippen LogP contribution in [0.3, 0.4) is 0 Å². The van der Waals surface area contributed by atoms with E-state index in [2.05, 4.69) is 6.58 Å². The lowest BCUT2D eigenvalue weighted by molar-refractivity contribution is -0.131. The van der Waals surface area contributed by atoms with Gasteiger partial charge in [-0.05, 0) is 31.1 Å². The number of benzene rings is 1. The number of hydrogen-bond acceptors (Lipinski definition) is 3. The second-order valence-electron chi connectivity index (χ2n) is 3.85. The quantitative estimate of drug-likeness (QED) is 0.444. The lowest BCUT2D eigenvalue weighted by atomic mass is 10.1. The molecule has 0 amide bonds. The fraction of sp³-hybridized carbons (Fsp3) is 0.267. The molecule has 19 heavy (non-hydrogen) atoms. The van der Waals surface area contributed by atoms with Gasteiger partial charge in [0.15, 0.2) is 0 Å². The van der Waals surface area contributed by atoms with Gasteiger partial charge in [0, 0.05) is 17.7 Å². The van der Waals surface area contributed by atoms with Crippen molar-refractivity contribution in [1.82, 2.24) is 0 Å². The molecule has 0 heterocycles. The molecular weight excluding hydrogens is 244 g/mol. The Kier molecular flexibility index (Phi) is 6.22. The zero-order valence-corrected chi connectivity index (χ0v) is 11.0. The van der Waals surface area contributed by atoms with Gasteiger partial charge in [0.1, 0.15) is 11.5 Å². The van der Waals surface area contributed by atoms with Gasteiger partial charge in [0.25, 0.3) is 0 Å². The first kappa shape index (κ1) is 14.8. The van der Waals surface area contributed by atoms with Crippen LogP contribution in [0.15, 0.2) is 36.9 Å². The van der Waals surface area contributed by atoms with Crippen molar-refractivity contribution in [3.05, 3.63) is 42.5 Å². The van der Waals surface area contributed by atoms with Gasteiger partial charge in [-0.2, -0.15) is 0 Å². The van der Waals surface area contributed by atoms with E-state index in [0.29, 0.717) is 23.7 Å². The summed E-state index contributed by atoms with van der Waals surface area (Å²) in [5.41, 5.74) is 0.710.